The second-order valence-electron chi connectivity index (χ2n) is 9.10. The summed E-state index contributed by atoms with van der Waals surface area (Å²) >= 11 is 0. The van der Waals surface area contributed by atoms with Crippen molar-refractivity contribution in [1.29, 1.82) is 0 Å². The Bertz CT molecular complexity index is 1320. The third kappa shape index (κ3) is 5.80. The highest BCUT2D eigenvalue weighted by atomic mass is 16.5. The summed E-state index contributed by atoms with van der Waals surface area (Å²) in [6.45, 7) is 2.19. The number of fused-ring (bicyclic) bond motifs is 1. The van der Waals surface area contributed by atoms with Crippen molar-refractivity contribution in [3.63, 3.8) is 0 Å². The fourth-order valence-corrected chi connectivity index (χ4v) is 4.38. The van der Waals surface area contributed by atoms with Gasteiger partial charge in [0.1, 0.15) is 18.1 Å². The molecule has 188 valence electrons. The molecule has 5 N–H and O–H groups in total. The highest BCUT2D eigenvalue weighted by Crippen LogP contribution is 2.33. The van der Waals surface area contributed by atoms with Crippen LogP contribution in [0.1, 0.15) is 46.8 Å². The van der Waals surface area contributed by atoms with Gasteiger partial charge in [0.25, 0.3) is 0 Å². The standard InChI is InChI=1S/C29H32N2O5/c1-2-3-7-19-12-27(33)25(28(34)13-19)17-31-16-21(24-15-22(30)10-11-26(24)31)14-23(32)18-36-29(35)20-8-5-4-6-9-20/h4-6,8-13,15-16,23,32-34H,2-3,7,14,17-18,30H2,1H3/t23-/m0/s1. The molecule has 0 aliphatic carbocycles. The number of carbonyl (C=O) groups excluding carboxylic acids is 1. The fraction of sp³-hybridized carbons (Fsp3) is 0.276. The SMILES string of the molecule is CCCCc1cc(O)c(Cn2cc(C[C@H](O)COC(=O)c3ccccc3)c3cc(N)ccc32)c(O)c1. The van der Waals surface area contributed by atoms with Crippen LogP contribution in [-0.2, 0) is 24.1 Å². The van der Waals surface area contributed by atoms with Crippen LogP contribution in [0.5, 0.6) is 11.5 Å². The van der Waals surface area contributed by atoms with E-state index in [2.05, 4.69) is 6.92 Å². The number of carbonyl (C=O) groups is 1. The van der Waals surface area contributed by atoms with Crippen molar-refractivity contribution < 1.29 is 24.9 Å². The number of nitrogen functional groups attached to an aromatic ring is 1. The number of phenols is 2. The Morgan fingerprint density at radius 3 is 2.47 bits per heavy atom. The van der Waals surface area contributed by atoms with E-state index in [1.54, 1.807) is 42.5 Å². The average molecular weight is 489 g/mol. The highest BCUT2D eigenvalue weighted by molar-refractivity contribution is 5.89. The number of benzene rings is 3. The lowest BCUT2D eigenvalue weighted by atomic mass is 10.0. The third-order valence-corrected chi connectivity index (χ3v) is 6.27. The number of aliphatic hydroxyl groups excluding tert-OH is 1. The molecule has 0 fully saturated rings. The van der Waals surface area contributed by atoms with Crippen LogP contribution < -0.4 is 5.73 Å². The van der Waals surface area contributed by atoms with Crippen molar-refractivity contribution in [2.75, 3.05) is 12.3 Å². The molecule has 7 nitrogen and oxygen atoms in total. The Hall–Kier alpha value is -3.97. The molecule has 1 atom stereocenters. The fourth-order valence-electron chi connectivity index (χ4n) is 4.38. The van der Waals surface area contributed by atoms with Gasteiger partial charge in [0.15, 0.2) is 0 Å². The zero-order valence-corrected chi connectivity index (χ0v) is 20.4. The van der Waals surface area contributed by atoms with Crippen LogP contribution in [0.15, 0.2) is 66.9 Å². The second kappa shape index (κ2) is 11.2. The predicted octanol–water partition coefficient (Wildman–Crippen LogP) is 4.79. The van der Waals surface area contributed by atoms with Gasteiger partial charge < -0.3 is 30.4 Å². The molecular formula is C29H32N2O5. The molecule has 0 aliphatic rings. The number of rotatable bonds is 10. The first-order valence-corrected chi connectivity index (χ1v) is 12.2. The summed E-state index contributed by atoms with van der Waals surface area (Å²) < 4.78 is 7.19. The minimum atomic E-state index is -0.919. The summed E-state index contributed by atoms with van der Waals surface area (Å²) in [5, 5.41) is 32.7. The zero-order chi connectivity index (χ0) is 25.7. The Balaban J connectivity index is 1.54. The van der Waals surface area contributed by atoms with Gasteiger partial charge in [-0.1, -0.05) is 31.5 Å². The molecule has 36 heavy (non-hydrogen) atoms. The topological polar surface area (TPSA) is 118 Å². The van der Waals surface area contributed by atoms with Crippen molar-refractivity contribution in [3.8, 4) is 11.5 Å². The van der Waals surface area contributed by atoms with E-state index >= 15 is 0 Å². The first-order valence-electron chi connectivity index (χ1n) is 12.2. The molecule has 0 radical (unpaired) electrons. The molecule has 0 saturated heterocycles. The van der Waals surface area contributed by atoms with Gasteiger partial charge in [0.2, 0.25) is 0 Å². The van der Waals surface area contributed by atoms with E-state index in [-0.39, 0.29) is 31.1 Å². The summed E-state index contributed by atoms with van der Waals surface area (Å²) in [7, 11) is 0. The van der Waals surface area contributed by atoms with Crippen LogP contribution in [0.4, 0.5) is 5.69 Å². The Morgan fingerprint density at radius 1 is 1.06 bits per heavy atom. The number of phenolic OH excluding ortho intramolecular Hbond substituents is 2. The number of ether oxygens (including phenoxy) is 1. The number of nitrogens with zero attached hydrogens (tertiary/aromatic N) is 1. The zero-order valence-electron chi connectivity index (χ0n) is 20.4. The summed E-state index contributed by atoms with van der Waals surface area (Å²) in [6.07, 6.45) is 3.99. The van der Waals surface area contributed by atoms with Gasteiger partial charge in [0.05, 0.1) is 23.8 Å². The minimum absolute atomic E-state index is 0.0489. The smallest absolute Gasteiger partial charge is 0.338 e. The van der Waals surface area contributed by atoms with Crippen molar-refractivity contribution >= 4 is 22.6 Å². The van der Waals surface area contributed by atoms with E-state index in [1.807, 2.05) is 29.0 Å². The molecule has 1 aromatic heterocycles. The van der Waals surface area contributed by atoms with E-state index in [9.17, 15) is 20.1 Å². The summed E-state index contributed by atoms with van der Waals surface area (Å²) in [5.74, 6) is -0.393. The van der Waals surface area contributed by atoms with Crippen LogP contribution >= 0.6 is 0 Å². The lowest BCUT2D eigenvalue weighted by Gasteiger charge is -2.12. The summed E-state index contributed by atoms with van der Waals surface area (Å²) in [6, 6.07) is 17.5. The number of anilines is 1. The number of esters is 1. The number of hydrogen-bond donors (Lipinski definition) is 4. The van der Waals surface area contributed by atoms with Gasteiger partial charge in [-0.25, -0.2) is 4.79 Å². The molecule has 0 amide bonds. The highest BCUT2D eigenvalue weighted by Gasteiger charge is 2.18. The van der Waals surface area contributed by atoms with Crippen LogP contribution in [0.25, 0.3) is 10.9 Å². The molecular weight excluding hydrogens is 456 g/mol. The number of aromatic hydroxyl groups is 2. The number of aryl methyl sites for hydroxylation is 1. The van der Waals surface area contributed by atoms with Gasteiger partial charge in [-0.2, -0.15) is 0 Å². The molecule has 4 rings (SSSR count). The predicted molar refractivity (Wildman–Crippen MR) is 140 cm³/mol. The lowest BCUT2D eigenvalue weighted by Crippen LogP contribution is -2.21. The maximum Gasteiger partial charge on any atom is 0.338 e. The van der Waals surface area contributed by atoms with Crippen LogP contribution in [0, 0.1) is 0 Å². The van der Waals surface area contributed by atoms with Gasteiger partial charge >= 0.3 is 5.97 Å². The van der Waals surface area contributed by atoms with Crippen molar-refractivity contribution in [1.82, 2.24) is 4.57 Å². The first-order chi connectivity index (χ1) is 17.4. The maximum atomic E-state index is 12.2. The van der Waals surface area contributed by atoms with Gasteiger partial charge in [-0.15, -0.1) is 0 Å². The molecule has 1 heterocycles. The third-order valence-electron chi connectivity index (χ3n) is 6.27. The molecule has 4 aromatic rings. The number of aliphatic hydroxyl groups is 1. The van der Waals surface area contributed by atoms with Gasteiger partial charge in [0, 0.05) is 29.2 Å². The Labute approximate surface area is 210 Å². The van der Waals surface area contributed by atoms with Crippen molar-refractivity contribution in [3.05, 3.63) is 89.1 Å². The summed E-state index contributed by atoms with van der Waals surface area (Å²) in [5.41, 5.74) is 10.0. The van der Waals surface area contributed by atoms with E-state index in [0.717, 1.165) is 41.3 Å². The Kier molecular flexibility index (Phi) is 7.80. The van der Waals surface area contributed by atoms with E-state index in [4.69, 9.17) is 10.5 Å². The normalized spacial score (nSPS) is 12.1. The maximum absolute atomic E-state index is 12.2. The van der Waals surface area contributed by atoms with Gasteiger partial charge in [-0.05, 0) is 66.4 Å². The quantitative estimate of drug-likeness (QED) is 0.188. The average Bonchev–Trinajstić information content (AvgIpc) is 3.19. The number of hydrogen-bond acceptors (Lipinski definition) is 6. The molecule has 0 unspecified atom stereocenters. The van der Waals surface area contributed by atoms with Crippen molar-refractivity contribution in [2.24, 2.45) is 0 Å². The minimum Gasteiger partial charge on any atom is -0.507 e. The first kappa shape index (κ1) is 25.1. The lowest BCUT2D eigenvalue weighted by molar-refractivity contribution is 0.0259. The number of nitrogens with two attached hydrogens (primary N) is 1. The molecule has 7 heteroatoms. The van der Waals surface area contributed by atoms with Gasteiger partial charge in [-0.3, -0.25) is 0 Å². The molecule has 3 aromatic carbocycles. The van der Waals surface area contributed by atoms with Crippen LogP contribution in [-0.4, -0.2) is 38.6 Å². The van der Waals surface area contributed by atoms with E-state index < -0.39 is 12.1 Å². The van der Waals surface area contributed by atoms with Crippen molar-refractivity contribution in [2.45, 2.75) is 45.3 Å². The van der Waals surface area contributed by atoms with E-state index in [1.165, 1.54) is 0 Å². The molecule has 0 saturated carbocycles. The van der Waals surface area contributed by atoms with E-state index in [0.29, 0.717) is 16.8 Å². The molecule has 0 bridgehead atoms. The molecule has 0 aliphatic heterocycles. The van der Waals surface area contributed by atoms with Crippen LogP contribution in [0.2, 0.25) is 0 Å². The second-order valence-corrected chi connectivity index (χ2v) is 9.10. The number of aromatic nitrogens is 1. The molecule has 0 spiro atoms. The number of unbranched alkanes of at least 4 members (excludes halogenated alkanes) is 1. The summed E-state index contributed by atoms with van der Waals surface area (Å²) in [4.78, 5) is 12.2. The Morgan fingerprint density at radius 2 is 1.78 bits per heavy atom. The largest absolute Gasteiger partial charge is 0.507 e. The van der Waals surface area contributed by atoms with Crippen LogP contribution in [0.3, 0.4) is 0 Å². The monoisotopic (exact) mass is 488 g/mol.